The summed E-state index contributed by atoms with van der Waals surface area (Å²) in [5.74, 6) is -0.282. The minimum absolute atomic E-state index is 0.0332. The molecule has 0 aliphatic rings. The van der Waals surface area contributed by atoms with Crippen molar-refractivity contribution in [2.24, 2.45) is 0 Å². The third-order valence-electron chi connectivity index (χ3n) is 3.69. The van der Waals surface area contributed by atoms with Gasteiger partial charge in [-0.1, -0.05) is 12.1 Å². The third-order valence-corrected chi connectivity index (χ3v) is 3.69. The number of nitrogens with one attached hydrogen (secondary N) is 1. The second-order valence-electron chi connectivity index (χ2n) is 5.79. The molecule has 156 valence electrons. The molecular formula is C20H19N3O7. The summed E-state index contributed by atoms with van der Waals surface area (Å²) in [6, 6.07) is 12.2. The Morgan fingerprint density at radius 3 is 2.50 bits per heavy atom. The predicted octanol–water partition coefficient (Wildman–Crippen LogP) is 2.82. The number of ether oxygens (including phenoxy) is 3. The molecule has 0 saturated carbocycles. The van der Waals surface area contributed by atoms with E-state index in [9.17, 15) is 19.7 Å². The molecule has 30 heavy (non-hydrogen) atoms. The number of carbonyl (C=O) groups excluding carboxylic acids is 2. The molecule has 1 N–H and O–H groups in total. The van der Waals surface area contributed by atoms with E-state index in [1.165, 1.54) is 6.07 Å². The van der Waals surface area contributed by atoms with Crippen molar-refractivity contribution in [2.45, 2.75) is 13.3 Å². The molecule has 0 aliphatic carbocycles. The monoisotopic (exact) mass is 413 g/mol. The molecule has 2 rings (SSSR count). The van der Waals surface area contributed by atoms with E-state index >= 15 is 0 Å². The minimum atomic E-state index is -0.684. The summed E-state index contributed by atoms with van der Waals surface area (Å²) in [6.07, 6.45) is -0.0886. The molecule has 0 unspecified atom stereocenters. The van der Waals surface area contributed by atoms with Crippen LogP contribution in [0.1, 0.15) is 18.9 Å². The molecule has 0 bridgehead atoms. The molecular weight excluding hydrogens is 394 g/mol. The van der Waals surface area contributed by atoms with Crippen LogP contribution in [0.25, 0.3) is 0 Å². The predicted molar refractivity (Wildman–Crippen MR) is 105 cm³/mol. The summed E-state index contributed by atoms with van der Waals surface area (Å²) in [6.45, 7) is 1.77. The largest absolute Gasteiger partial charge is 0.490 e. The number of nitro groups is 1. The Kier molecular flexibility index (Phi) is 8.14. The van der Waals surface area contributed by atoms with Crippen LogP contribution in [0.2, 0.25) is 0 Å². The number of esters is 1. The van der Waals surface area contributed by atoms with Gasteiger partial charge < -0.3 is 19.5 Å². The highest BCUT2D eigenvalue weighted by Crippen LogP contribution is 2.26. The van der Waals surface area contributed by atoms with Gasteiger partial charge in [-0.05, 0) is 25.1 Å². The standard InChI is InChI=1S/C20H19N3O7/c1-2-28-17-5-3-4-6-18(17)29-10-9-20(25)30-13-19(24)22-16-8-7-15(23(26)27)11-14(16)12-21/h3-8,11H,2,9-10,13H2,1H3,(H,22,24). The minimum Gasteiger partial charge on any atom is -0.490 e. The molecule has 0 atom stereocenters. The number of para-hydroxylation sites is 2. The summed E-state index contributed by atoms with van der Waals surface area (Å²) in [7, 11) is 0. The first kappa shape index (κ1) is 22.2. The maximum atomic E-state index is 11.9. The first-order valence-corrected chi connectivity index (χ1v) is 8.93. The number of rotatable bonds is 10. The van der Waals surface area contributed by atoms with E-state index in [1.807, 2.05) is 6.92 Å². The van der Waals surface area contributed by atoms with Crippen molar-refractivity contribution in [1.29, 1.82) is 5.26 Å². The zero-order chi connectivity index (χ0) is 21.9. The summed E-state index contributed by atoms with van der Waals surface area (Å²) >= 11 is 0. The molecule has 2 aromatic carbocycles. The van der Waals surface area contributed by atoms with Crippen LogP contribution >= 0.6 is 0 Å². The Hall–Kier alpha value is -4.13. The Labute approximate surface area is 172 Å². The van der Waals surface area contributed by atoms with Gasteiger partial charge in [0.25, 0.3) is 11.6 Å². The van der Waals surface area contributed by atoms with Crippen LogP contribution in [-0.2, 0) is 14.3 Å². The van der Waals surface area contributed by atoms with Crippen LogP contribution in [0.3, 0.4) is 0 Å². The van der Waals surface area contributed by atoms with E-state index in [-0.39, 0.29) is 30.0 Å². The van der Waals surface area contributed by atoms with Gasteiger partial charge in [-0.25, -0.2) is 0 Å². The van der Waals surface area contributed by atoms with Gasteiger partial charge in [-0.15, -0.1) is 0 Å². The number of anilines is 1. The highest BCUT2D eigenvalue weighted by molar-refractivity contribution is 5.94. The number of amides is 1. The molecule has 1 amide bonds. The van der Waals surface area contributed by atoms with E-state index in [0.717, 1.165) is 12.1 Å². The van der Waals surface area contributed by atoms with Gasteiger partial charge in [0.2, 0.25) is 0 Å². The lowest BCUT2D eigenvalue weighted by molar-refractivity contribution is -0.384. The van der Waals surface area contributed by atoms with Crippen molar-refractivity contribution >= 4 is 23.3 Å². The normalized spacial score (nSPS) is 9.87. The van der Waals surface area contributed by atoms with Crippen LogP contribution in [0.15, 0.2) is 42.5 Å². The fourth-order valence-corrected chi connectivity index (χ4v) is 2.34. The number of hydrogen-bond donors (Lipinski definition) is 1. The second-order valence-corrected chi connectivity index (χ2v) is 5.79. The van der Waals surface area contributed by atoms with Crippen molar-refractivity contribution in [2.75, 3.05) is 25.1 Å². The average molecular weight is 413 g/mol. The quantitative estimate of drug-likeness (QED) is 0.356. The van der Waals surface area contributed by atoms with Gasteiger partial charge >= 0.3 is 5.97 Å². The van der Waals surface area contributed by atoms with E-state index in [1.54, 1.807) is 30.3 Å². The fraction of sp³-hybridized carbons (Fsp3) is 0.250. The molecule has 0 saturated heterocycles. The number of non-ortho nitro benzene ring substituents is 1. The van der Waals surface area contributed by atoms with Crippen molar-refractivity contribution < 1.29 is 28.7 Å². The number of nitriles is 1. The van der Waals surface area contributed by atoms with Crippen LogP contribution in [0, 0.1) is 21.4 Å². The molecule has 10 heteroatoms. The summed E-state index contributed by atoms with van der Waals surface area (Å²) < 4.78 is 15.8. The maximum absolute atomic E-state index is 11.9. The summed E-state index contributed by atoms with van der Waals surface area (Å²) in [5, 5.41) is 22.2. The van der Waals surface area contributed by atoms with Gasteiger partial charge in [0.05, 0.1) is 35.8 Å². The molecule has 10 nitrogen and oxygen atoms in total. The van der Waals surface area contributed by atoms with Crippen molar-refractivity contribution in [3.63, 3.8) is 0 Å². The van der Waals surface area contributed by atoms with Crippen LogP contribution in [-0.4, -0.2) is 36.6 Å². The van der Waals surface area contributed by atoms with Crippen LogP contribution in [0.4, 0.5) is 11.4 Å². The lowest BCUT2D eigenvalue weighted by Crippen LogP contribution is -2.22. The van der Waals surface area contributed by atoms with Gasteiger partial charge in [0, 0.05) is 12.1 Å². The highest BCUT2D eigenvalue weighted by Gasteiger charge is 2.14. The van der Waals surface area contributed by atoms with E-state index in [2.05, 4.69) is 5.32 Å². The lowest BCUT2D eigenvalue weighted by atomic mass is 10.1. The zero-order valence-corrected chi connectivity index (χ0v) is 16.1. The number of nitro benzene ring substituents is 1. The Balaban J connectivity index is 1.79. The molecule has 0 heterocycles. The van der Waals surface area contributed by atoms with Gasteiger partial charge in [0.1, 0.15) is 6.07 Å². The van der Waals surface area contributed by atoms with Gasteiger partial charge in [-0.2, -0.15) is 5.26 Å². The number of benzene rings is 2. The topological polar surface area (TPSA) is 141 Å². The van der Waals surface area contributed by atoms with Crippen molar-refractivity contribution in [3.05, 3.63) is 58.1 Å². The first-order valence-electron chi connectivity index (χ1n) is 8.93. The number of nitrogens with zero attached hydrogens (tertiary/aromatic N) is 2. The van der Waals surface area contributed by atoms with Crippen LogP contribution in [0.5, 0.6) is 11.5 Å². The highest BCUT2D eigenvalue weighted by atomic mass is 16.6. The summed E-state index contributed by atoms with van der Waals surface area (Å²) in [5.41, 5.74) is -0.271. The Morgan fingerprint density at radius 1 is 1.17 bits per heavy atom. The molecule has 0 aliphatic heterocycles. The van der Waals surface area contributed by atoms with Gasteiger partial charge in [-0.3, -0.25) is 19.7 Å². The molecule has 0 fully saturated rings. The second kappa shape index (κ2) is 11.0. The van der Waals surface area contributed by atoms with Crippen molar-refractivity contribution in [1.82, 2.24) is 0 Å². The molecule has 2 aromatic rings. The number of hydrogen-bond acceptors (Lipinski definition) is 8. The fourth-order valence-electron chi connectivity index (χ4n) is 2.34. The maximum Gasteiger partial charge on any atom is 0.309 e. The summed E-state index contributed by atoms with van der Waals surface area (Å²) in [4.78, 5) is 33.8. The van der Waals surface area contributed by atoms with E-state index < -0.39 is 23.4 Å². The first-order chi connectivity index (χ1) is 14.4. The lowest BCUT2D eigenvalue weighted by Gasteiger charge is -2.11. The van der Waals surface area contributed by atoms with E-state index in [0.29, 0.717) is 18.1 Å². The van der Waals surface area contributed by atoms with E-state index in [4.69, 9.17) is 19.5 Å². The smallest absolute Gasteiger partial charge is 0.309 e. The average Bonchev–Trinajstić information content (AvgIpc) is 2.73. The Bertz CT molecular complexity index is 969. The zero-order valence-electron chi connectivity index (χ0n) is 16.1. The molecule has 0 aromatic heterocycles. The molecule has 0 radical (unpaired) electrons. The van der Waals surface area contributed by atoms with Gasteiger partial charge in [0.15, 0.2) is 18.1 Å². The third kappa shape index (κ3) is 6.49. The van der Waals surface area contributed by atoms with Crippen LogP contribution < -0.4 is 14.8 Å². The SMILES string of the molecule is CCOc1ccccc1OCCC(=O)OCC(=O)Nc1ccc([N+](=O)[O-])cc1C#N. The molecule has 0 spiro atoms. The Morgan fingerprint density at radius 2 is 1.87 bits per heavy atom. The number of carbonyl (C=O) groups is 2. The van der Waals surface area contributed by atoms with Crippen molar-refractivity contribution in [3.8, 4) is 17.6 Å².